The molecular weight excluding hydrogens is 374 g/mol. The van der Waals surface area contributed by atoms with E-state index < -0.39 is 11.7 Å². The zero-order valence-electron chi connectivity index (χ0n) is 15.7. The maximum absolute atomic E-state index is 12.2. The standard InChI is InChI=1S/C18H24ClN3O5/c1-18(2,3)27-17(25)21-6-4-20(5-7-21)13-10-12(19)11-14-15(13)26-9-8-22(14)16(23)24/h10-11H,4-9H2,1-3H3,(H,23,24). The average Bonchev–Trinajstić information content (AvgIpc) is 2.59. The van der Waals surface area contributed by atoms with Crippen molar-refractivity contribution in [1.82, 2.24) is 4.90 Å². The Labute approximate surface area is 163 Å². The van der Waals surface area contributed by atoms with E-state index in [0.29, 0.717) is 42.6 Å². The van der Waals surface area contributed by atoms with Crippen LogP contribution in [0.2, 0.25) is 5.02 Å². The zero-order valence-corrected chi connectivity index (χ0v) is 16.5. The predicted octanol–water partition coefficient (Wildman–Crippen LogP) is 3.27. The molecule has 0 spiro atoms. The number of carboxylic acid groups (broad SMARTS) is 1. The molecule has 1 N–H and O–H groups in total. The van der Waals surface area contributed by atoms with Gasteiger partial charge in [0.15, 0.2) is 5.75 Å². The molecule has 9 heteroatoms. The molecule has 0 saturated carbocycles. The number of nitrogens with zero attached hydrogens (tertiary/aromatic N) is 3. The van der Waals surface area contributed by atoms with Crippen LogP contribution in [0.4, 0.5) is 21.0 Å². The lowest BCUT2D eigenvalue weighted by Crippen LogP contribution is -2.50. The lowest BCUT2D eigenvalue weighted by Gasteiger charge is -2.38. The van der Waals surface area contributed by atoms with Crippen molar-refractivity contribution in [3.05, 3.63) is 17.2 Å². The van der Waals surface area contributed by atoms with Crippen LogP contribution in [-0.4, -0.2) is 67.1 Å². The van der Waals surface area contributed by atoms with Gasteiger partial charge in [-0.15, -0.1) is 0 Å². The molecule has 2 aliphatic rings. The van der Waals surface area contributed by atoms with E-state index in [4.69, 9.17) is 21.1 Å². The molecule has 1 saturated heterocycles. The molecule has 0 unspecified atom stereocenters. The third kappa shape index (κ3) is 4.32. The van der Waals surface area contributed by atoms with Gasteiger partial charge in [0.1, 0.15) is 12.2 Å². The number of carbonyl (C=O) groups is 2. The highest BCUT2D eigenvalue weighted by Gasteiger charge is 2.31. The molecule has 0 atom stereocenters. The first kappa shape index (κ1) is 19.4. The molecule has 0 bridgehead atoms. The first-order chi connectivity index (χ1) is 12.7. The Bertz CT molecular complexity index is 741. The fraction of sp³-hybridized carbons (Fsp3) is 0.556. The first-order valence-electron chi connectivity index (χ1n) is 8.85. The summed E-state index contributed by atoms with van der Waals surface area (Å²) < 4.78 is 11.2. The minimum absolute atomic E-state index is 0.258. The Balaban J connectivity index is 1.77. The molecule has 1 aromatic carbocycles. The second kappa shape index (κ2) is 7.34. The highest BCUT2D eigenvalue weighted by Crippen LogP contribution is 2.43. The maximum Gasteiger partial charge on any atom is 0.412 e. The number of ether oxygens (including phenoxy) is 2. The van der Waals surface area contributed by atoms with Gasteiger partial charge in [0.25, 0.3) is 0 Å². The molecule has 2 heterocycles. The maximum atomic E-state index is 12.2. The van der Waals surface area contributed by atoms with Gasteiger partial charge < -0.3 is 24.4 Å². The van der Waals surface area contributed by atoms with Crippen LogP contribution >= 0.6 is 11.6 Å². The molecule has 148 valence electrons. The fourth-order valence-corrected chi connectivity index (χ4v) is 3.37. The minimum Gasteiger partial charge on any atom is -0.487 e. The van der Waals surface area contributed by atoms with E-state index in [-0.39, 0.29) is 19.2 Å². The summed E-state index contributed by atoms with van der Waals surface area (Å²) in [6.07, 6.45) is -1.37. The molecular formula is C18H24ClN3O5. The van der Waals surface area contributed by atoms with Gasteiger partial charge in [0.2, 0.25) is 0 Å². The van der Waals surface area contributed by atoms with Crippen LogP contribution in [0.25, 0.3) is 0 Å². The second-order valence-corrected chi connectivity index (χ2v) is 7.95. The molecule has 0 aliphatic carbocycles. The molecule has 1 fully saturated rings. The number of halogens is 1. The first-order valence-corrected chi connectivity index (χ1v) is 9.23. The molecule has 3 rings (SSSR count). The Hall–Kier alpha value is -2.35. The van der Waals surface area contributed by atoms with Crippen LogP contribution in [0.15, 0.2) is 12.1 Å². The molecule has 0 aromatic heterocycles. The van der Waals surface area contributed by atoms with Crippen molar-refractivity contribution >= 4 is 35.2 Å². The minimum atomic E-state index is -1.04. The van der Waals surface area contributed by atoms with Gasteiger partial charge >= 0.3 is 12.2 Å². The van der Waals surface area contributed by atoms with Gasteiger partial charge in [-0.05, 0) is 32.9 Å². The number of hydrogen-bond acceptors (Lipinski definition) is 5. The smallest absolute Gasteiger partial charge is 0.412 e. The van der Waals surface area contributed by atoms with E-state index in [9.17, 15) is 14.7 Å². The van der Waals surface area contributed by atoms with Gasteiger partial charge in [0, 0.05) is 31.2 Å². The van der Waals surface area contributed by atoms with Crippen molar-refractivity contribution in [3.63, 3.8) is 0 Å². The van der Waals surface area contributed by atoms with E-state index in [2.05, 4.69) is 4.90 Å². The van der Waals surface area contributed by atoms with Crippen LogP contribution in [-0.2, 0) is 4.74 Å². The summed E-state index contributed by atoms with van der Waals surface area (Å²) in [5.41, 5.74) is 0.659. The summed E-state index contributed by atoms with van der Waals surface area (Å²) >= 11 is 6.24. The number of benzene rings is 1. The van der Waals surface area contributed by atoms with Gasteiger partial charge in [0.05, 0.1) is 17.9 Å². The Morgan fingerprint density at radius 2 is 1.74 bits per heavy atom. The van der Waals surface area contributed by atoms with E-state index in [1.165, 1.54) is 4.90 Å². The van der Waals surface area contributed by atoms with Crippen molar-refractivity contribution < 1.29 is 24.2 Å². The van der Waals surface area contributed by atoms with Crippen LogP contribution in [0, 0.1) is 0 Å². The number of rotatable bonds is 1. The summed E-state index contributed by atoms with van der Waals surface area (Å²) in [5.74, 6) is 0.513. The number of amides is 2. The monoisotopic (exact) mass is 397 g/mol. The third-order valence-electron chi connectivity index (χ3n) is 4.37. The number of piperazine rings is 1. The molecule has 1 aromatic rings. The lowest BCUT2D eigenvalue weighted by atomic mass is 10.1. The lowest BCUT2D eigenvalue weighted by molar-refractivity contribution is 0.0240. The van der Waals surface area contributed by atoms with Crippen molar-refractivity contribution in [1.29, 1.82) is 0 Å². The van der Waals surface area contributed by atoms with Crippen molar-refractivity contribution in [2.45, 2.75) is 26.4 Å². The summed E-state index contributed by atoms with van der Waals surface area (Å²) in [4.78, 5) is 28.7. The molecule has 2 amide bonds. The van der Waals surface area contributed by atoms with Gasteiger partial charge in [-0.1, -0.05) is 11.6 Å². The topological polar surface area (TPSA) is 82.6 Å². The summed E-state index contributed by atoms with van der Waals surface area (Å²) in [6, 6.07) is 3.37. The molecule has 2 aliphatic heterocycles. The van der Waals surface area contributed by atoms with E-state index in [0.717, 1.165) is 5.69 Å². The number of fused-ring (bicyclic) bond motifs is 1. The number of carbonyl (C=O) groups excluding carboxylic acids is 1. The van der Waals surface area contributed by atoms with Crippen molar-refractivity contribution in [2.75, 3.05) is 49.1 Å². The van der Waals surface area contributed by atoms with E-state index >= 15 is 0 Å². The number of anilines is 2. The third-order valence-corrected chi connectivity index (χ3v) is 4.59. The van der Waals surface area contributed by atoms with Crippen molar-refractivity contribution in [3.8, 4) is 5.75 Å². The Morgan fingerprint density at radius 3 is 2.33 bits per heavy atom. The van der Waals surface area contributed by atoms with Crippen molar-refractivity contribution in [2.24, 2.45) is 0 Å². The molecule has 8 nitrogen and oxygen atoms in total. The normalized spacial score (nSPS) is 17.3. The second-order valence-electron chi connectivity index (χ2n) is 7.51. The highest BCUT2D eigenvalue weighted by molar-refractivity contribution is 6.31. The summed E-state index contributed by atoms with van der Waals surface area (Å²) in [5, 5.41) is 9.86. The fourth-order valence-electron chi connectivity index (χ4n) is 3.16. The number of hydrogen-bond donors (Lipinski definition) is 1. The van der Waals surface area contributed by atoms with Crippen LogP contribution in [0.5, 0.6) is 5.75 Å². The van der Waals surface area contributed by atoms with Crippen LogP contribution < -0.4 is 14.5 Å². The van der Waals surface area contributed by atoms with E-state index in [1.807, 2.05) is 20.8 Å². The van der Waals surface area contributed by atoms with Gasteiger partial charge in [-0.25, -0.2) is 9.59 Å². The summed E-state index contributed by atoms with van der Waals surface area (Å²) in [6.45, 7) is 8.20. The predicted molar refractivity (Wildman–Crippen MR) is 102 cm³/mol. The highest BCUT2D eigenvalue weighted by atomic mass is 35.5. The Kier molecular flexibility index (Phi) is 5.28. The molecule has 27 heavy (non-hydrogen) atoms. The Morgan fingerprint density at radius 1 is 1.11 bits per heavy atom. The van der Waals surface area contributed by atoms with Gasteiger partial charge in [-0.2, -0.15) is 0 Å². The van der Waals surface area contributed by atoms with E-state index in [1.54, 1.807) is 17.0 Å². The quantitative estimate of drug-likeness (QED) is 0.783. The zero-order chi connectivity index (χ0) is 19.8. The summed E-state index contributed by atoms with van der Waals surface area (Å²) in [7, 11) is 0. The van der Waals surface area contributed by atoms with Gasteiger partial charge in [-0.3, -0.25) is 4.90 Å². The van der Waals surface area contributed by atoms with Crippen LogP contribution in [0.1, 0.15) is 20.8 Å². The average molecular weight is 398 g/mol. The molecule has 0 radical (unpaired) electrons. The SMILES string of the molecule is CC(C)(C)OC(=O)N1CCN(c2cc(Cl)cc3c2OCCN3C(=O)O)CC1. The van der Waals surface area contributed by atoms with Crippen LogP contribution in [0.3, 0.4) is 0 Å². The largest absolute Gasteiger partial charge is 0.487 e.